The van der Waals surface area contributed by atoms with Crippen LogP contribution in [0.1, 0.15) is 47.5 Å². The minimum absolute atomic E-state index is 0.0633. The van der Waals surface area contributed by atoms with E-state index in [1.165, 1.54) is 11.3 Å². The van der Waals surface area contributed by atoms with Crippen LogP contribution in [0.3, 0.4) is 0 Å². The van der Waals surface area contributed by atoms with Gasteiger partial charge in [0, 0.05) is 11.6 Å². The van der Waals surface area contributed by atoms with Crippen LogP contribution in [-0.2, 0) is 17.6 Å². The van der Waals surface area contributed by atoms with Crippen molar-refractivity contribution in [3.8, 4) is 0 Å². The van der Waals surface area contributed by atoms with Gasteiger partial charge in [-0.05, 0) is 48.9 Å². The summed E-state index contributed by atoms with van der Waals surface area (Å²) < 4.78 is 0. The van der Waals surface area contributed by atoms with E-state index in [1.54, 1.807) is 12.1 Å². The third-order valence-electron chi connectivity index (χ3n) is 4.26. The second-order valence-electron chi connectivity index (χ2n) is 6.04. The van der Waals surface area contributed by atoms with Gasteiger partial charge >= 0.3 is 0 Å². The molecule has 5 heteroatoms. The van der Waals surface area contributed by atoms with Crippen molar-refractivity contribution in [1.82, 2.24) is 0 Å². The van der Waals surface area contributed by atoms with Crippen LogP contribution in [0.4, 0.5) is 10.7 Å². The molecule has 1 aliphatic carbocycles. The van der Waals surface area contributed by atoms with Crippen molar-refractivity contribution >= 4 is 33.8 Å². The molecule has 1 aliphatic rings. The van der Waals surface area contributed by atoms with Crippen LogP contribution in [0.5, 0.6) is 0 Å². The van der Waals surface area contributed by atoms with Gasteiger partial charge in [-0.25, -0.2) is 0 Å². The zero-order valence-corrected chi connectivity index (χ0v) is 14.8. The minimum Gasteiger partial charge on any atom is -0.321 e. The fourth-order valence-electron chi connectivity index (χ4n) is 2.67. The number of rotatable bonds is 6. The molecule has 0 atom stereocenters. The highest BCUT2D eigenvalue weighted by atomic mass is 32.1. The molecule has 1 aromatic heterocycles. The standard InChI is InChI=1S/C19H22N2O2S/c1-3-12-6-5-7-13(4-2)17(12)21-19(23)15-10-11-16(24-15)20-18(22)14-8-9-14/h5-7,10-11,14H,3-4,8-9H2,1-2H3,(H,20,22)(H,21,23). The van der Waals surface area contributed by atoms with Crippen molar-refractivity contribution in [2.75, 3.05) is 10.6 Å². The summed E-state index contributed by atoms with van der Waals surface area (Å²) >= 11 is 1.32. The highest BCUT2D eigenvalue weighted by Crippen LogP contribution is 2.32. The molecule has 3 rings (SSSR count). The SMILES string of the molecule is CCc1cccc(CC)c1NC(=O)c1ccc(NC(=O)C2CC2)s1. The topological polar surface area (TPSA) is 58.2 Å². The molecule has 0 unspecified atom stereocenters. The van der Waals surface area contributed by atoms with Crippen LogP contribution in [-0.4, -0.2) is 11.8 Å². The maximum atomic E-state index is 12.6. The van der Waals surface area contributed by atoms with E-state index in [0.717, 1.165) is 47.5 Å². The van der Waals surface area contributed by atoms with Gasteiger partial charge in [0.15, 0.2) is 0 Å². The summed E-state index contributed by atoms with van der Waals surface area (Å²) in [5.41, 5.74) is 3.20. The normalized spacial score (nSPS) is 13.6. The number of benzene rings is 1. The summed E-state index contributed by atoms with van der Waals surface area (Å²) in [4.78, 5) is 25.0. The van der Waals surface area contributed by atoms with E-state index in [4.69, 9.17) is 0 Å². The monoisotopic (exact) mass is 342 g/mol. The van der Waals surface area contributed by atoms with Crippen molar-refractivity contribution < 1.29 is 9.59 Å². The third-order valence-corrected chi connectivity index (χ3v) is 5.26. The Morgan fingerprint density at radius 3 is 2.29 bits per heavy atom. The average Bonchev–Trinajstić information content (AvgIpc) is 3.34. The van der Waals surface area contributed by atoms with Gasteiger partial charge in [-0.15, -0.1) is 11.3 Å². The smallest absolute Gasteiger partial charge is 0.265 e. The van der Waals surface area contributed by atoms with Crippen molar-refractivity contribution in [2.24, 2.45) is 5.92 Å². The molecular weight excluding hydrogens is 320 g/mol. The summed E-state index contributed by atoms with van der Waals surface area (Å²) in [6.07, 6.45) is 3.68. The fourth-order valence-corrected chi connectivity index (χ4v) is 3.48. The number of nitrogens with one attached hydrogen (secondary N) is 2. The molecule has 0 radical (unpaired) electrons. The quantitative estimate of drug-likeness (QED) is 0.813. The zero-order valence-electron chi connectivity index (χ0n) is 14.0. The van der Waals surface area contributed by atoms with Gasteiger partial charge in [0.25, 0.3) is 5.91 Å². The largest absolute Gasteiger partial charge is 0.321 e. The van der Waals surface area contributed by atoms with Crippen molar-refractivity contribution in [2.45, 2.75) is 39.5 Å². The highest BCUT2D eigenvalue weighted by molar-refractivity contribution is 7.18. The summed E-state index contributed by atoms with van der Waals surface area (Å²) in [6, 6.07) is 9.69. The Hall–Kier alpha value is -2.14. The van der Waals surface area contributed by atoms with Gasteiger partial charge in [-0.1, -0.05) is 32.0 Å². The van der Waals surface area contributed by atoms with Crippen LogP contribution < -0.4 is 10.6 Å². The molecule has 1 heterocycles. The van der Waals surface area contributed by atoms with Crippen LogP contribution in [0.25, 0.3) is 0 Å². The lowest BCUT2D eigenvalue weighted by Gasteiger charge is -2.13. The van der Waals surface area contributed by atoms with E-state index in [1.807, 2.05) is 18.2 Å². The van der Waals surface area contributed by atoms with Gasteiger partial charge in [-0.2, -0.15) is 0 Å². The van der Waals surface area contributed by atoms with E-state index in [0.29, 0.717) is 4.88 Å². The number of anilines is 2. The molecular formula is C19H22N2O2S. The van der Waals surface area contributed by atoms with Crippen molar-refractivity contribution in [1.29, 1.82) is 0 Å². The Bertz CT molecular complexity index is 740. The maximum Gasteiger partial charge on any atom is 0.265 e. The summed E-state index contributed by atoms with van der Waals surface area (Å²) in [7, 11) is 0. The average molecular weight is 342 g/mol. The second-order valence-corrected chi connectivity index (χ2v) is 7.12. The third kappa shape index (κ3) is 3.67. The first-order chi connectivity index (χ1) is 11.6. The van der Waals surface area contributed by atoms with Gasteiger partial charge < -0.3 is 10.6 Å². The van der Waals surface area contributed by atoms with E-state index in [2.05, 4.69) is 24.5 Å². The lowest BCUT2D eigenvalue weighted by atomic mass is 10.0. The molecule has 0 bridgehead atoms. The lowest BCUT2D eigenvalue weighted by molar-refractivity contribution is -0.117. The van der Waals surface area contributed by atoms with Gasteiger partial charge in [0.2, 0.25) is 5.91 Å². The molecule has 0 spiro atoms. The Kier molecular flexibility index (Phi) is 5.00. The van der Waals surface area contributed by atoms with E-state index < -0.39 is 0 Å². The molecule has 2 aromatic rings. The first-order valence-corrected chi connectivity index (χ1v) is 9.26. The Morgan fingerprint density at radius 1 is 1.04 bits per heavy atom. The fraction of sp³-hybridized carbons (Fsp3) is 0.368. The number of carbonyl (C=O) groups is 2. The van der Waals surface area contributed by atoms with Gasteiger partial charge in [-0.3, -0.25) is 9.59 Å². The van der Waals surface area contributed by atoms with Gasteiger partial charge in [0.1, 0.15) is 0 Å². The molecule has 2 N–H and O–H groups in total. The lowest BCUT2D eigenvalue weighted by Crippen LogP contribution is -2.14. The Morgan fingerprint density at radius 2 is 1.71 bits per heavy atom. The molecule has 24 heavy (non-hydrogen) atoms. The second kappa shape index (κ2) is 7.18. The Labute approximate surface area is 146 Å². The maximum absolute atomic E-state index is 12.6. The first-order valence-electron chi connectivity index (χ1n) is 8.45. The molecule has 0 saturated heterocycles. The molecule has 126 valence electrons. The molecule has 1 fully saturated rings. The number of para-hydroxylation sites is 1. The molecule has 2 amide bonds. The zero-order chi connectivity index (χ0) is 17.1. The van der Waals surface area contributed by atoms with Gasteiger partial charge in [0.05, 0.1) is 9.88 Å². The molecule has 0 aliphatic heterocycles. The minimum atomic E-state index is -0.123. The predicted molar refractivity (Wildman–Crippen MR) is 98.8 cm³/mol. The number of hydrogen-bond donors (Lipinski definition) is 2. The number of hydrogen-bond acceptors (Lipinski definition) is 3. The Balaban J connectivity index is 1.73. The van der Waals surface area contributed by atoms with Crippen molar-refractivity contribution in [3.63, 3.8) is 0 Å². The summed E-state index contributed by atoms with van der Waals surface area (Å²) in [5.74, 6) is 0.101. The van der Waals surface area contributed by atoms with E-state index in [9.17, 15) is 9.59 Å². The molecule has 4 nitrogen and oxygen atoms in total. The highest BCUT2D eigenvalue weighted by Gasteiger charge is 2.29. The first kappa shape index (κ1) is 16.7. The van der Waals surface area contributed by atoms with Crippen LogP contribution in [0.15, 0.2) is 30.3 Å². The number of aryl methyl sites for hydroxylation is 2. The predicted octanol–water partition coefficient (Wildman–Crippen LogP) is 4.47. The molecule has 1 saturated carbocycles. The number of carbonyl (C=O) groups excluding carboxylic acids is 2. The van der Waals surface area contributed by atoms with Crippen LogP contribution >= 0.6 is 11.3 Å². The van der Waals surface area contributed by atoms with Crippen LogP contribution in [0, 0.1) is 5.92 Å². The summed E-state index contributed by atoms with van der Waals surface area (Å²) in [6.45, 7) is 4.17. The van der Waals surface area contributed by atoms with Crippen LogP contribution in [0.2, 0.25) is 0 Å². The number of thiophene rings is 1. The summed E-state index contributed by atoms with van der Waals surface area (Å²) in [5, 5.41) is 6.68. The van der Waals surface area contributed by atoms with E-state index >= 15 is 0 Å². The molecule has 1 aromatic carbocycles. The van der Waals surface area contributed by atoms with E-state index in [-0.39, 0.29) is 17.7 Å². The number of amides is 2. The van der Waals surface area contributed by atoms with Crippen molar-refractivity contribution in [3.05, 3.63) is 46.3 Å².